The molecule has 1 N–H and O–H groups in total. The average Bonchev–Trinajstić information content (AvgIpc) is 2.90. The summed E-state index contributed by atoms with van der Waals surface area (Å²) in [5, 5.41) is 2.87. The number of carbonyl (C=O) groups excluding carboxylic acids is 2. The zero-order valence-corrected chi connectivity index (χ0v) is 12.5. The fourth-order valence-electron chi connectivity index (χ4n) is 2.69. The second-order valence-corrected chi connectivity index (χ2v) is 5.60. The Morgan fingerprint density at radius 2 is 1.91 bits per heavy atom. The number of hydrogen-bond acceptors (Lipinski definition) is 2. The third-order valence-corrected chi connectivity index (χ3v) is 3.85. The lowest BCUT2D eigenvalue weighted by atomic mass is 10.1. The lowest BCUT2D eigenvalue weighted by Gasteiger charge is -2.17. The summed E-state index contributed by atoms with van der Waals surface area (Å²) in [5.41, 5.74) is 2.72. The second-order valence-electron chi connectivity index (χ2n) is 5.60. The highest BCUT2D eigenvalue weighted by molar-refractivity contribution is 6.03. The van der Waals surface area contributed by atoms with E-state index in [9.17, 15) is 9.59 Å². The molecule has 1 fully saturated rings. The number of carbonyl (C=O) groups is 2. The monoisotopic (exact) mass is 294 g/mol. The Morgan fingerprint density at radius 3 is 2.64 bits per heavy atom. The lowest BCUT2D eigenvalue weighted by Crippen LogP contribution is -2.28. The molecule has 1 aliphatic rings. The number of para-hydroxylation sites is 1. The molecule has 2 aromatic carbocycles. The fraction of sp³-hybridized carbons (Fsp3) is 0.222. The van der Waals surface area contributed by atoms with Crippen molar-refractivity contribution in [3.8, 4) is 0 Å². The highest BCUT2D eigenvalue weighted by atomic mass is 16.2. The van der Waals surface area contributed by atoms with E-state index in [1.807, 2.05) is 61.5 Å². The zero-order chi connectivity index (χ0) is 15.5. The van der Waals surface area contributed by atoms with Gasteiger partial charge in [0.25, 0.3) is 0 Å². The molecule has 0 bridgehead atoms. The van der Waals surface area contributed by atoms with Crippen LogP contribution in [0.4, 0.5) is 11.4 Å². The largest absolute Gasteiger partial charge is 0.326 e. The van der Waals surface area contributed by atoms with Crippen LogP contribution >= 0.6 is 0 Å². The Bertz CT molecular complexity index is 697. The van der Waals surface area contributed by atoms with Gasteiger partial charge in [-0.25, -0.2) is 0 Å². The van der Waals surface area contributed by atoms with Crippen LogP contribution in [0.1, 0.15) is 12.0 Å². The van der Waals surface area contributed by atoms with Crippen molar-refractivity contribution in [2.45, 2.75) is 13.3 Å². The van der Waals surface area contributed by atoms with Crippen LogP contribution < -0.4 is 10.2 Å². The number of nitrogens with one attached hydrogen (secondary N) is 1. The molecule has 0 saturated carbocycles. The van der Waals surface area contributed by atoms with Gasteiger partial charge in [0.15, 0.2) is 0 Å². The van der Waals surface area contributed by atoms with E-state index in [-0.39, 0.29) is 24.2 Å². The van der Waals surface area contributed by atoms with Crippen LogP contribution in [0.5, 0.6) is 0 Å². The van der Waals surface area contributed by atoms with Gasteiger partial charge in [-0.1, -0.05) is 30.3 Å². The number of rotatable bonds is 3. The molecule has 0 unspecified atom stereocenters. The molecular weight excluding hydrogens is 276 g/mol. The van der Waals surface area contributed by atoms with Crippen LogP contribution in [0.15, 0.2) is 54.6 Å². The molecule has 1 aliphatic heterocycles. The van der Waals surface area contributed by atoms with Crippen LogP contribution in [0.2, 0.25) is 0 Å². The zero-order valence-electron chi connectivity index (χ0n) is 12.5. The van der Waals surface area contributed by atoms with Crippen molar-refractivity contribution >= 4 is 23.2 Å². The fourth-order valence-corrected chi connectivity index (χ4v) is 2.69. The first-order valence-electron chi connectivity index (χ1n) is 7.36. The van der Waals surface area contributed by atoms with Gasteiger partial charge >= 0.3 is 0 Å². The lowest BCUT2D eigenvalue weighted by molar-refractivity contribution is -0.122. The summed E-state index contributed by atoms with van der Waals surface area (Å²) >= 11 is 0. The van der Waals surface area contributed by atoms with Crippen LogP contribution in [-0.4, -0.2) is 18.4 Å². The van der Waals surface area contributed by atoms with E-state index in [1.54, 1.807) is 4.90 Å². The molecule has 4 nitrogen and oxygen atoms in total. The smallest absolute Gasteiger partial charge is 0.229 e. The molecule has 1 heterocycles. The molecular formula is C18H18N2O2. The molecule has 2 aromatic rings. The van der Waals surface area contributed by atoms with Crippen molar-refractivity contribution in [2.24, 2.45) is 5.92 Å². The first kappa shape index (κ1) is 14.3. The number of nitrogens with zero attached hydrogens (tertiary/aromatic N) is 1. The summed E-state index contributed by atoms with van der Waals surface area (Å²) in [5.74, 6) is -0.415. The number of aryl methyl sites for hydroxylation is 1. The minimum atomic E-state index is -0.312. The molecule has 1 atom stereocenters. The Balaban J connectivity index is 1.70. The molecule has 3 rings (SSSR count). The van der Waals surface area contributed by atoms with Crippen molar-refractivity contribution in [3.63, 3.8) is 0 Å². The Labute approximate surface area is 129 Å². The van der Waals surface area contributed by atoms with Gasteiger partial charge in [-0.15, -0.1) is 0 Å². The molecule has 112 valence electrons. The average molecular weight is 294 g/mol. The molecule has 0 radical (unpaired) electrons. The third-order valence-electron chi connectivity index (χ3n) is 3.85. The minimum absolute atomic E-state index is 0.00110. The Hall–Kier alpha value is -2.62. The summed E-state index contributed by atoms with van der Waals surface area (Å²) in [6.45, 7) is 2.42. The molecule has 4 heteroatoms. The van der Waals surface area contributed by atoms with Crippen molar-refractivity contribution in [1.82, 2.24) is 0 Å². The second kappa shape index (κ2) is 6.02. The quantitative estimate of drug-likeness (QED) is 0.946. The van der Waals surface area contributed by atoms with E-state index in [4.69, 9.17) is 0 Å². The van der Waals surface area contributed by atoms with Crippen molar-refractivity contribution in [1.29, 1.82) is 0 Å². The van der Waals surface area contributed by atoms with E-state index in [0.29, 0.717) is 6.54 Å². The highest BCUT2D eigenvalue weighted by Gasteiger charge is 2.35. The number of benzene rings is 2. The predicted molar refractivity (Wildman–Crippen MR) is 86.7 cm³/mol. The van der Waals surface area contributed by atoms with E-state index in [0.717, 1.165) is 16.9 Å². The summed E-state index contributed by atoms with van der Waals surface area (Å²) in [6.07, 6.45) is 0.257. The summed E-state index contributed by atoms with van der Waals surface area (Å²) in [4.78, 5) is 26.2. The normalized spacial score (nSPS) is 17.6. The predicted octanol–water partition coefficient (Wildman–Crippen LogP) is 2.99. The van der Waals surface area contributed by atoms with E-state index in [2.05, 4.69) is 5.32 Å². The first-order valence-corrected chi connectivity index (χ1v) is 7.36. The third kappa shape index (κ3) is 3.01. The van der Waals surface area contributed by atoms with Gasteiger partial charge in [-0.3, -0.25) is 9.59 Å². The van der Waals surface area contributed by atoms with Gasteiger partial charge in [0.1, 0.15) is 0 Å². The number of amides is 2. The topological polar surface area (TPSA) is 49.4 Å². The van der Waals surface area contributed by atoms with Crippen molar-refractivity contribution in [3.05, 3.63) is 60.2 Å². The summed E-state index contributed by atoms with van der Waals surface area (Å²) < 4.78 is 0. The maximum atomic E-state index is 12.3. The molecule has 0 aromatic heterocycles. The minimum Gasteiger partial charge on any atom is -0.326 e. The van der Waals surface area contributed by atoms with Gasteiger partial charge in [0.05, 0.1) is 5.92 Å². The summed E-state index contributed by atoms with van der Waals surface area (Å²) in [6, 6.07) is 17.1. The van der Waals surface area contributed by atoms with Gasteiger partial charge in [-0.2, -0.15) is 0 Å². The Kier molecular flexibility index (Phi) is 3.92. The van der Waals surface area contributed by atoms with Gasteiger partial charge in [0.2, 0.25) is 11.8 Å². The Morgan fingerprint density at radius 1 is 1.14 bits per heavy atom. The van der Waals surface area contributed by atoms with E-state index >= 15 is 0 Å². The SMILES string of the molecule is Cc1cccc(N2C[C@@H](C(=O)Nc3ccccc3)CC2=O)c1. The number of anilines is 2. The molecule has 2 amide bonds. The first-order chi connectivity index (χ1) is 10.6. The maximum absolute atomic E-state index is 12.3. The van der Waals surface area contributed by atoms with Crippen LogP contribution in [-0.2, 0) is 9.59 Å². The van der Waals surface area contributed by atoms with Gasteiger partial charge < -0.3 is 10.2 Å². The van der Waals surface area contributed by atoms with Crippen LogP contribution in [0, 0.1) is 12.8 Å². The van der Waals surface area contributed by atoms with Crippen molar-refractivity contribution < 1.29 is 9.59 Å². The molecule has 0 aliphatic carbocycles. The van der Waals surface area contributed by atoms with E-state index < -0.39 is 0 Å². The molecule has 1 saturated heterocycles. The number of hydrogen-bond donors (Lipinski definition) is 1. The van der Waals surface area contributed by atoms with E-state index in [1.165, 1.54) is 0 Å². The molecule has 22 heavy (non-hydrogen) atoms. The van der Waals surface area contributed by atoms with Crippen LogP contribution in [0.25, 0.3) is 0 Å². The van der Waals surface area contributed by atoms with Crippen LogP contribution in [0.3, 0.4) is 0 Å². The van der Waals surface area contributed by atoms with Gasteiger partial charge in [0, 0.05) is 24.3 Å². The standard InChI is InChI=1S/C18H18N2O2/c1-13-6-5-9-16(10-13)20-12-14(11-17(20)21)18(22)19-15-7-3-2-4-8-15/h2-10,14H,11-12H2,1H3,(H,19,22)/t14-/m0/s1. The highest BCUT2D eigenvalue weighted by Crippen LogP contribution is 2.26. The van der Waals surface area contributed by atoms with Gasteiger partial charge in [-0.05, 0) is 36.8 Å². The molecule has 0 spiro atoms. The maximum Gasteiger partial charge on any atom is 0.229 e. The summed E-state index contributed by atoms with van der Waals surface area (Å²) in [7, 11) is 0. The van der Waals surface area contributed by atoms with Crippen molar-refractivity contribution in [2.75, 3.05) is 16.8 Å².